The van der Waals surface area contributed by atoms with E-state index >= 15 is 0 Å². The molecule has 0 aromatic heterocycles. The smallest absolute Gasteiger partial charge is 0.266 e. The average molecular weight is 425 g/mol. The van der Waals surface area contributed by atoms with Gasteiger partial charge in [0.05, 0.1) is 24.3 Å². The van der Waals surface area contributed by atoms with Crippen molar-refractivity contribution in [2.75, 3.05) is 20.3 Å². The molecule has 3 rings (SSSR count). The molecule has 30 heavy (non-hydrogen) atoms. The van der Waals surface area contributed by atoms with E-state index < -0.39 is 0 Å². The van der Waals surface area contributed by atoms with Gasteiger partial charge in [0, 0.05) is 6.54 Å². The average Bonchev–Trinajstić information content (AvgIpc) is 3.04. The Morgan fingerprint density at radius 1 is 1.10 bits per heavy atom. The van der Waals surface area contributed by atoms with Crippen LogP contribution in [0.25, 0.3) is 6.08 Å². The van der Waals surface area contributed by atoms with Crippen LogP contribution in [0.4, 0.5) is 5.69 Å². The molecule has 1 amide bonds. The van der Waals surface area contributed by atoms with Crippen LogP contribution in [0.2, 0.25) is 0 Å². The molecule has 2 aromatic rings. The number of nitrogens with zero attached hydrogens (tertiary/aromatic N) is 2. The number of carbonyl (C=O) groups excluding carboxylic acids is 1. The number of aliphatic imine (C=N–C) groups is 1. The maximum absolute atomic E-state index is 12.9. The topological polar surface area (TPSA) is 51.1 Å². The van der Waals surface area contributed by atoms with Crippen molar-refractivity contribution >= 4 is 34.6 Å². The van der Waals surface area contributed by atoms with Gasteiger partial charge < -0.3 is 9.47 Å². The SMILES string of the molecule is CCCCOc1ccc(/C=C2/SC(=Nc3ccc(C)cc3)N(CC)C2=O)cc1OC. The molecule has 5 nitrogen and oxygen atoms in total. The molecule has 2 aromatic carbocycles. The summed E-state index contributed by atoms with van der Waals surface area (Å²) in [6.07, 6.45) is 3.95. The van der Waals surface area contributed by atoms with Gasteiger partial charge in [-0.2, -0.15) is 0 Å². The number of amides is 1. The van der Waals surface area contributed by atoms with Crippen molar-refractivity contribution in [1.82, 2.24) is 4.90 Å². The summed E-state index contributed by atoms with van der Waals surface area (Å²) in [7, 11) is 1.62. The van der Waals surface area contributed by atoms with Crippen LogP contribution in [-0.2, 0) is 4.79 Å². The van der Waals surface area contributed by atoms with E-state index in [1.165, 1.54) is 17.3 Å². The first-order chi connectivity index (χ1) is 14.5. The van der Waals surface area contributed by atoms with Gasteiger partial charge in [-0.25, -0.2) is 4.99 Å². The lowest BCUT2D eigenvalue weighted by Crippen LogP contribution is -2.28. The molecule has 0 radical (unpaired) electrons. The molecule has 0 N–H and O–H groups in total. The molecule has 1 saturated heterocycles. The van der Waals surface area contributed by atoms with Gasteiger partial charge in [-0.3, -0.25) is 9.69 Å². The summed E-state index contributed by atoms with van der Waals surface area (Å²) >= 11 is 1.40. The third-order valence-electron chi connectivity index (χ3n) is 4.70. The molecule has 0 bridgehead atoms. The number of amidine groups is 1. The Bertz CT molecular complexity index is 951. The van der Waals surface area contributed by atoms with Gasteiger partial charge >= 0.3 is 0 Å². The zero-order chi connectivity index (χ0) is 21.5. The first kappa shape index (κ1) is 22.0. The van der Waals surface area contributed by atoms with Gasteiger partial charge in [0.1, 0.15) is 0 Å². The Kier molecular flexibility index (Phi) is 7.57. The van der Waals surface area contributed by atoms with Crippen molar-refractivity contribution in [3.05, 3.63) is 58.5 Å². The van der Waals surface area contributed by atoms with E-state index in [2.05, 4.69) is 11.9 Å². The van der Waals surface area contributed by atoms with Crippen molar-refractivity contribution in [2.45, 2.75) is 33.6 Å². The molecule has 1 heterocycles. The number of hydrogen-bond donors (Lipinski definition) is 0. The Morgan fingerprint density at radius 3 is 2.53 bits per heavy atom. The minimum atomic E-state index is -0.0319. The van der Waals surface area contributed by atoms with Crippen molar-refractivity contribution in [3.8, 4) is 11.5 Å². The van der Waals surface area contributed by atoms with E-state index in [1.54, 1.807) is 12.0 Å². The van der Waals surface area contributed by atoms with E-state index in [1.807, 2.05) is 62.4 Å². The van der Waals surface area contributed by atoms with Gasteiger partial charge in [0.2, 0.25) is 0 Å². The van der Waals surface area contributed by atoms with E-state index in [4.69, 9.17) is 9.47 Å². The predicted molar refractivity (Wildman–Crippen MR) is 125 cm³/mol. The van der Waals surface area contributed by atoms with Crippen LogP contribution in [-0.4, -0.2) is 36.2 Å². The van der Waals surface area contributed by atoms with Crippen LogP contribution in [0, 0.1) is 6.92 Å². The summed E-state index contributed by atoms with van der Waals surface area (Å²) in [5.41, 5.74) is 2.90. The van der Waals surface area contributed by atoms with Gasteiger partial charge in [0.25, 0.3) is 5.91 Å². The number of methoxy groups -OCH3 is 1. The monoisotopic (exact) mass is 424 g/mol. The van der Waals surface area contributed by atoms with Gasteiger partial charge in [0.15, 0.2) is 16.7 Å². The summed E-state index contributed by atoms with van der Waals surface area (Å²) in [5, 5.41) is 0.698. The number of ether oxygens (including phenoxy) is 2. The van der Waals surface area contributed by atoms with Gasteiger partial charge in [-0.05, 0) is 67.9 Å². The summed E-state index contributed by atoms with van der Waals surface area (Å²) in [5.74, 6) is 1.35. The van der Waals surface area contributed by atoms with Crippen molar-refractivity contribution < 1.29 is 14.3 Å². The lowest BCUT2D eigenvalue weighted by molar-refractivity contribution is -0.122. The standard InChI is InChI=1S/C24H28N2O3S/c1-5-7-14-29-20-13-10-18(15-21(20)28-4)16-22-23(27)26(6-2)24(30-22)25-19-11-8-17(3)9-12-19/h8-13,15-16H,5-7,14H2,1-4H3/b22-16+,25-24?. The largest absolute Gasteiger partial charge is 0.493 e. The summed E-state index contributed by atoms with van der Waals surface area (Å²) < 4.78 is 11.3. The fourth-order valence-electron chi connectivity index (χ4n) is 2.97. The summed E-state index contributed by atoms with van der Waals surface area (Å²) in [6, 6.07) is 13.7. The Labute approximate surface area is 182 Å². The minimum Gasteiger partial charge on any atom is -0.493 e. The predicted octanol–water partition coefficient (Wildman–Crippen LogP) is 5.81. The van der Waals surface area contributed by atoms with Crippen molar-refractivity contribution in [3.63, 3.8) is 0 Å². The maximum Gasteiger partial charge on any atom is 0.266 e. The number of unbranched alkanes of at least 4 members (excludes halogenated alkanes) is 1. The molecular formula is C24H28N2O3S. The fraction of sp³-hybridized carbons (Fsp3) is 0.333. The second-order valence-corrected chi connectivity index (χ2v) is 8.01. The molecule has 158 valence electrons. The molecular weight excluding hydrogens is 396 g/mol. The highest BCUT2D eigenvalue weighted by molar-refractivity contribution is 8.18. The Hall–Kier alpha value is -2.73. The molecule has 6 heteroatoms. The fourth-order valence-corrected chi connectivity index (χ4v) is 4.03. The minimum absolute atomic E-state index is 0.0319. The third-order valence-corrected chi connectivity index (χ3v) is 5.71. The number of thioether (sulfide) groups is 1. The number of likely N-dealkylation sites (N-methyl/N-ethyl adjacent to an activating group) is 1. The van der Waals surface area contributed by atoms with E-state index in [0.717, 1.165) is 29.8 Å². The van der Waals surface area contributed by atoms with Crippen LogP contribution in [0.5, 0.6) is 11.5 Å². The van der Waals surface area contributed by atoms with E-state index in [9.17, 15) is 4.79 Å². The second-order valence-electron chi connectivity index (χ2n) is 7.00. The maximum atomic E-state index is 12.9. The molecule has 1 aliphatic rings. The highest BCUT2D eigenvalue weighted by atomic mass is 32.2. The van der Waals surface area contributed by atoms with Crippen LogP contribution in [0.3, 0.4) is 0 Å². The number of benzene rings is 2. The molecule has 0 saturated carbocycles. The van der Waals surface area contributed by atoms with Gasteiger partial charge in [-0.15, -0.1) is 0 Å². The van der Waals surface area contributed by atoms with Crippen LogP contribution in [0.15, 0.2) is 52.4 Å². The molecule has 0 aliphatic carbocycles. The molecule has 1 aliphatic heterocycles. The summed E-state index contributed by atoms with van der Waals surface area (Å²) in [4.78, 5) is 19.9. The molecule has 0 unspecified atom stereocenters. The third kappa shape index (κ3) is 5.25. The van der Waals surface area contributed by atoms with Crippen LogP contribution in [0.1, 0.15) is 37.8 Å². The summed E-state index contributed by atoms with van der Waals surface area (Å²) in [6.45, 7) is 7.35. The van der Waals surface area contributed by atoms with Crippen molar-refractivity contribution in [2.24, 2.45) is 4.99 Å². The lowest BCUT2D eigenvalue weighted by atomic mass is 10.2. The Morgan fingerprint density at radius 2 is 1.87 bits per heavy atom. The van der Waals surface area contributed by atoms with E-state index in [0.29, 0.717) is 29.0 Å². The molecule has 0 atom stereocenters. The van der Waals surface area contributed by atoms with Crippen molar-refractivity contribution in [1.29, 1.82) is 0 Å². The Balaban J connectivity index is 1.84. The zero-order valence-electron chi connectivity index (χ0n) is 18.0. The quantitative estimate of drug-likeness (QED) is 0.397. The number of rotatable bonds is 8. The first-order valence-corrected chi connectivity index (χ1v) is 11.0. The number of carbonyl (C=O) groups is 1. The lowest BCUT2D eigenvalue weighted by Gasteiger charge is -2.12. The van der Waals surface area contributed by atoms with E-state index in [-0.39, 0.29) is 5.91 Å². The zero-order valence-corrected chi connectivity index (χ0v) is 18.8. The normalized spacial score (nSPS) is 16.5. The highest BCUT2D eigenvalue weighted by Gasteiger charge is 2.32. The number of hydrogen-bond acceptors (Lipinski definition) is 5. The second kappa shape index (κ2) is 10.3. The number of aryl methyl sites for hydroxylation is 1. The first-order valence-electron chi connectivity index (χ1n) is 10.2. The van der Waals surface area contributed by atoms with Gasteiger partial charge in [-0.1, -0.05) is 37.1 Å². The molecule has 1 fully saturated rings. The highest BCUT2D eigenvalue weighted by Crippen LogP contribution is 2.35. The molecule has 0 spiro atoms. The van der Waals surface area contributed by atoms with Crippen LogP contribution >= 0.6 is 11.8 Å². The van der Waals surface area contributed by atoms with Crippen LogP contribution < -0.4 is 9.47 Å².